The Balaban J connectivity index is 1.60. The average Bonchev–Trinajstić information content (AvgIpc) is 3.10. The van der Waals surface area contributed by atoms with Crippen molar-refractivity contribution in [2.75, 3.05) is 12.0 Å². The summed E-state index contributed by atoms with van der Waals surface area (Å²) in [6.07, 6.45) is 4.22. The Labute approximate surface area is 181 Å². The second-order valence-electron chi connectivity index (χ2n) is 8.02. The normalized spacial score (nSPS) is 24.9. The predicted octanol–water partition coefficient (Wildman–Crippen LogP) is 4.94. The monoisotopic (exact) mass is 409 g/mol. The van der Waals surface area contributed by atoms with Crippen LogP contribution in [0.3, 0.4) is 0 Å². The molecule has 2 aliphatic rings. The maximum absolute atomic E-state index is 13.7. The quantitative estimate of drug-likeness (QED) is 0.453. The number of carbonyl (C=O) groups excluding carboxylic acids is 2. The molecular weight excluding hydrogens is 386 g/mol. The first-order valence-electron chi connectivity index (χ1n) is 10.5. The summed E-state index contributed by atoms with van der Waals surface area (Å²) in [7, 11) is 1.59. The summed E-state index contributed by atoms with van der Waals surface area (Å²) < 4.78 is 5.23. The highest BCUT2D eigenvalue weighted by Gasteiger charge is 2.55. The van der Waals surface area contributed by atoms with Crippen LogP contribution in [0.25, 0.3) is 0 Å². The van der Waals surface area contributed by atoms with Gasteiger partial charge in [0, 0.05) is 11.8 Å². The molecule has 4 heteroatoms. The SMILES string of the molecule is COc1ccc(N2C(=O)[C@@H]3[C@H](C2=O)[C@@H](c2ccccc2)C=C[C@H]3c2ccccc2)cc1. The molecule has 1 fully saturated rings. The summed E-state index contributed by atoms with van der Waals surface area (Å²) >= 11 is 0. The van der Waals surface area contributed by atoms with Crippen molar-refractivity contribution in [2.24, 2.45) is 11.8 Å². The van der Waals surface area contributed by atoms with Gasteiger partial charge in [0.2, 0.25) is 11.8 Å². The molecule has 3 aromatic rings. The topological polar surface area (TPSA) is 46.6 Å². The van der Waals surface area contributed by atoms with Crippen LogP contribution in [0.4, 0.5) is 5.69 Å². The minimum absolute atomic E-state index is 0.133. The van der Waals surface area contributed by atoms with E-state index in [4.69, 9.17) is 4.74 Å². The molecule has 2 amide bonds. The Hall–Kier alpha value is -3.66. The number of nitrogens with zero attached hydrogens (tertiary/aromatic N) is 1. The molecule has 0 radical (unpaired) electrons. The van der Waals surface area contributed by atoms with Crippen LogP contribution in [0, 0.1) is 11.8 Å². The number of benzene rings is 3. The highest BCUT2D eigenvalue weighted by atomic mass is 16.5. The van der Waals surface area contributed by atoms with Gasteiger partial charge >= 0.3 is 0 Å². The van der Waals surface area contributed by atoms with Gasteiger partial charge in [0.05, 0.1) is 24.6 Å². The number of fused-ring (bicyclic) bond motifs is 1. The number of allylic oxidation sites excluding steroid dienone is 2. The van der Waals surface area contributed by atoms with E-state index in [2.05, 4.69) is 12.2 Å². The molecule has 1 heterocycles. The zero-order valence-electron chi connectivity index (χ0n) is 17.2. The summed E-state index contributed by atoms with van der Waals surface area (Å²) in [5, 5.41) is 0. The van der Waals surface area contributed by atoms with Gasteiger partial charge in [-0.1, -0.05) is 72.8 Å². The van der Waals surface area contributed by atoms with Crippen molar-refractivity contribution in [3.63, 3.8) is 0 Å². The second-order valence-corrected chi connectivity index (χ2v) is 8.02. The van der Waals surface area contributed by atoms with Gasteiger partial charge in [0.25, 0.3) is 0 Å². The van der Waals surface area contributed by atoms with E-state index in [9.17, 15) is 9.59 Å². The van der Waals surface area contributed by atoms with Crippen molar-refractivity contribution in [2.45, 2.75) is 11.8 Å². The lowest BCUT2D eigenvalue weighted by atomic mass is 9.68. The van der Waals surface area contributed by atoms with Gasteiger partial charge in [-0.15, -0.1) is 0 Å². The van der Waals surface area contributed by atoms with Crippen LogP contribution in [0.15, 0.2) is 97.1 Å². The van der Waals surface area contributed by atoms with E-state index in [0.29, 0.717) is 11.4 Å². The third-order valence-corrected chi connectivity index (χ3v) is 6.40. The summed E-state index contributed by atoms with van der Waals surface area (Å²) in [5.74, 6) is -0.735. The molecule has 5 rings (SSSR count). The number of ether oxygens (including phenoxy) is 1. The fourth-order valence-corrected chi connectivity index (χ4v) is 4.92. The molecule has 0 aromatic heterocycles. The highest BCUT2D eigenvalue weighted by molar-refractivity contribution is 6.23. The number of carbonyl (C=O) groups is 2. The molecule has 0 bridgehead atoms. The van der Waals surface area contributed by atoms with Crippen LogP contribution in [0.1, 0.15) is 23.0 Å². The molecular formula is C27H23NO3. The van der Waals surface area contributed by atoms with E-state index in [0.717, 1.165) is 11.1 Å². The molecule has 154 valence electrons. The number of amides is 2. The summed E-state index contributed by atoms with van der Waals surface area (Å²) in [5.41, 5.74) is 2.69. The van der Waals surface area contributed by atoms with Gasteiger partial charge in [0.15, 0.2) is 0 Å². The fourth-order valence-electron chi connectivity index (χ4n) is 4.92. The molecule has 0 N–H and O–H groups in total. The molecule has 4 nitrogen and oxygen atoms in total. The van der Waals surface area contributed by atoms with E-state index < -0.39 is 11.8 Å². The molecule has 1 aliphatic heterocycles. The van der Waals surface area contributed by atoms with Gasteiger partial charge in [-0.3, -0.25) is 9.59 Å². The smallest absolute Gasteiger partial charge is 0.238 e. The standard InChI is InChI=1S/C27H23NO3/c1-31-21-14-12-20(13-15-21)28-26(29)24-22(18-8-4-2-5-9-18)16-17-23(25(24)27(28)30)19-10-6-3-7-11-19/h2-17,22-25H,1H3/t22-,23+,24-,25+. The number of anilines is 1. The Morgan fingerprint density at radius 3 is 1.52 bits per heavy atom. The number of hydrogen-bond acceptors (Lipinski definition) is 3. The van der Waals surface area contributed by atoms with E-state index in [1.807, 2.05) is 60.7 Å². The van der Waals surface area contributed by atoms with Crippen molar-refractivity contribution in [1.82, 2.24) is 0 Å². The molecule has 31 heavy (non-hydrogen) atoms. The molecule has 3 aromatic carbocycles. The lowest BCUT2D eigenvalue weighted by Crippen LogP contribution is -2.31. The number of rotatable bonds is 4. The van der Waals surface area contributed by atoms with Crippen LogP contribution in [-0.4, -0.2) is 18.9 Å². The van der Waals surface area contributed by atoms with Crippen molar-refractivity contribution < 1.29 is 14.3 Å². The molecule has 1 saturated heterocycles. The molecule has 0 spiro atoms. The zero-order valence-corrected chi connectivity index (χ0v) is 17.2. The van der Waals surface area contributed by atoms with Crippen molar-refractivity contribution in [3.05, 3.63) is 108 Å². The van der Waals surface area contributed by atoms with E-state index in [1.54, 1.807) is 31.4 Å². The summed E-state index contributed by atoms with van der Waals surface area (Å²) in [6, 6.07) is 27.1. The van der Waals surface area contributed by atoms with Gasteiger partial charge in [-0.2, -0.15) is 0 Å². The summed E-state index contributed by atoms with van der Waals surface area (Å²) in [4.78, 5) is 28.8. The van der Waals surface area contributed by atoms with Crippen LogP contribution in [0.2, 0.25) is 0 Å². The number of imide groups is 1. The third kappa shape index (κ3) is 3.25. The Kier molecular flexibility index (Phi) is 4.91. The van der Waals surface area contributed by atoms with Gasteiger partial charge in [0.1, 0.15) is 5.75 Å². The van der Waals surface area contributed by atoms with Crippen LogP contribution in [-0.2, 0) is 9.59 Å². The highest BCUT2D eigenvalue weighted by Crippen LogP contribution is 2.50. The first kappa shape index (κ1) is 19.3. The molecule has 0 saturated carbocycles. The Morgan fingerprint density at radius 1 is 0.645 bits per heavy atom. The maximum atomic E-state index is 13.7. The largest absolute Gasteiger partial charge is 0.497 e. The minimum atomic E-state index is -0.438. The molecule has 0 unspecified atom stereocenters. The van der Waals surface area contributed by atoms with Gasteiger partial charge < -0.3 is 4.74 Å². The Morgan fingerprint density at radius 2 is 1.10 bits per heavy atom. The maximum Gasteiger partial charge on any atom is 0.238 e. The van der Waals surface area contributed by atoms with Crippen LogP contribution in [0.5, 0.6) is 5.75 Å². The lowest BCUT2D eigenvalue weighted by Gasteiger charge is -2.32. The van der Waals surface area contributed by atoms with E-state index >= 15 is 0 Å². The van der Waals surface area contributed by atoms with Crippen LogP contribution < -0.4 is 9.64 Å². The fraction of sp³-hybridized carbons (Fsp3) is 0.185. The summed E-state index contributed by atoms with van der Waals surface area (Å²) in [6.45, 7) is 0. The van der Waals surface area contributed by atoms with Crippen molar-refractivity contribution in [1.29, 1.82) is 0 Å². The zero-order chi connectivity index (χ0) is 21.4. The second kappa shape index (κ2) is 7.88. The van der Waals surface area contributed by atoms with Gasteiger partial charge in [-0.25, -0.2) is 4.90 Å². The average molecular weight is 409 g/mol. The van der Waals surface area contributed by atoms with E-state index in [1.165, 1.54) is 4.90 Å². The van der Waals surface area contributed by atoms with Gasteiger partial charge in [-0.05, 0) is 35.4 Å². The minimum Gasteiger partial charge on any atom is -0.497 e. The lowest BCUT2D eigenvalue weighted by molar-refractivity contribution is -0.122. The Bertz CT molecular complexity index is 1050. The van der Waals surface area contributed by atoms with Crippen molar-refractivity contribution in [3.8, 4) is 5.75 Å². The predicted molar refractivity (Wildman–Crippen MR) is 120 cm³/mol. The number of hydrogen-bond donors (Lipinski definition) is 0. The number of methoxy groups -OCH3 is 1. The third-order valence-electron chi connectivity index (χ3n) is 6.40. The first-order chi connectivity index (χ1) is 15.2. The molecule has 1 aliphatic carbocycles. The first-order valence-corrected chi connectivity index (χ1v) is 10.5. The van der Waals surface area contributed by atoms with Crippen molar-refractivity contribution >= 4 is 17.5 Å². The van der Waals surface area contributed by atoms with Crippen LogP contribution >= 0.6 is 0 Å². The molecule has 4 atom stereocenters. The van der Waals surface area contributed by atoms with E-state index in [-0.39, 0.29) is 23.7 Å².